The SMILES string of the molecule is COCCOc1ccc2ccccc2c1/C=C(/NC(C)=O)C(=O)O. The van der Waals surface area contributed by atoms with Gasteiger partial charge in [0.15, 0.2) is 0 Å². The third-order valence-corrected chi connectivity index (χ3v) is 3.31. The molecule has 2 aromatic rings. The predicted octanol–water partition coefficient (Wildman–Crippen LogP) is 2.43. The highest BCUT2D eigenvalue weighted by Crippen LogP contribution is 2.30. The number of benzene rings is 2. The molecule has 2 N–H and O–H groups in total. The molecule has 0 aromatic heterocycles. The van der Waals surface area contributed by atoms with E-state index in [0.717, 1.165) is 10.8 Å². The second-order valence-corrected chi connectivity index (χ2v) is 5.08. The number of hydrogen-bond donors (Lipinski definition) is 2. The van der Waals surface area contributed by atoms with E-state index in [1.165, 1.54) is 13.0 Å². The van der Waals surface area contributed by atoms with Crippen LogP contribution in [-0.2, 0) is 14.3 Å². The minimum absolute atomic E-state index is 0.213. The first-order valence-corrected chi connectivity index (χ1v) is 7.39. The molecule has 24 heavy (non-hydrogen) atoms. The summed E-state index contributed by atoms with van der Waals surface area (Å²) in [4.78, 5) is 22.6. The van der Waals surface area contributed by atoms with Crippen LogP contribution in [-0.4, -0.2) is 37.3 Å². The maximum absolute atomic E-state index is 11.4. The van der Waals surface area contributed by atoms with Gasteiger partial charge in [-0.2, -0.15) is 0 Å². The van der Waals surface area contributed by atoms with Crippen molar-refractivity contribution in [2.24, 2.45) is 0 Å². The van der Waals surface area contributed by atoms with Gasteiger partial charge in [-0.15, -0.1) is 0 Å². The minimum atomic E-state index is -1.22. The summed E-state index contributed by atoms with van der Waals surface area (Å²) in [5.41, 5.74) is 0.380. The van der Waals surface area contributed by atoms with E-state index in [1.807, 2.05) is 30.3 Å². The zero-order chi connectivity index (χ0) is 17.5. The van der Waals surface area contributed by atoms with E-state index in [9.17, 15) is 14.7 Å². The number of carboxylic acids is 1. The van der Waals surface area contributed by atoms with Crippen molar-refractivity contribution >= 4 is 28.7 Å². The summed E-state index contributed by atoms with van der Waals surface area (Å²) < 4.78 is 10.7. The quantitative estimate of drug-likeness (QED) is 0.602. The molecule has 0 saturated heterocycles. The van der Waals surface area contributed by atoms with Gasteiger partial charge in [0.1, 0.15) is 18.1 Å². The largest absolute Gasteiger partial charge is 0.491 e. The summed E-state index contributed by atoms with van der Waals surface area (Å²) in [6.07, 6.45) is 1.41. The number of hydrogen-bond acceptors (Lipinski definition) is 4. The molecule has 6 nitrogen and oxygen atoms in total. The van der Waals surface area contributed by atoms with Gasteiger partial charge in [-0.25, -0.2) is 4.79 Å². The lowest BCUT2D eigenvalue weighted by Crippen LogP contribution is -2.24. The van der Waals surface area contributed by atoms with E-state index in [1.54, 1.807) is 13.2 Å². The van der Waals surface area contributed by atoms with E-state index in [-0.39, 0.29) is 5.70 Å². The Hall–Kier alpha value is -2.86. The molecule has 0 heterocycles. The number of carbonyl (C=O) groups is 2. The second kappa shape index (κ2) is 8.12. The van der Waals surface area contributed by atoms with Crippen LogP contribution >= 0.6 is 0 Å². The highest BCUT2D eigenvalue weighted by Gasteiger charge is 2.13. The van der Waals surface area contributed by atoms with Crippen LogP contribution in [0.4, 0.5) is 0 Å². The number of carbonyl (C=O) groups excluding carboxylic acids is 1. The molecule has 0 bridgehead atoms. The molecule has 0 aliphatic carbocycles. The fraction of sp³-hybridized carbons (Fsp3) is 0.222. The standard InChI is InChI=1S/C18H19NO5/c1-12(20)19-16(18(21)22)11-15-14-6-4-3-5-13(14)7-8-17(15)24-10-9-23-2/h3-8,11H,9-10H2,1-2H3,(H,19,20)(H,21,22)/b16-11+. The number of fused-ring (bicyclic) bond motifs is 1. The molecule has 1 amide bonds. The van der Waals surface area contributed by atoms with Gasteiger partial charge in [-0.1, -0.05) is 30.3 Å². The Kier molecular flexibility index (Phi) is 5.92. The normalized spacial score (nSPS) is 11.3. The number of carboxylic acid groups (broad SMARTS) is 1. The average molecular weight is 329 g/mol. The van der Waals surface area contributed by atoms with Crippen molar-refractivity contribution in [3.63, 3.8) is 0 Å². The topological polar surface area (TPSA) is 84.9 Å². The average Bonchev–Trinajstić information content (AvgIpc) is 2.55. The molecule has 0 saturated carbocycles. The van der Waals surface area contributed by atoms with Crippen LogP contribution in [0.3, 0.4) is 0 Å². The first-order chi connectivity index (χ1) is 11.5. The van der Waals surface area contributed by atoms with Crippen LogP contribution < -0.4 is 10.1 Å². The van der Waals surface area contributed by atoms with Crippen molar-refractivity contribution in [2.45, 2.75) is 6.92 Å². The molecule has 0 aliphatic rings. The summed E-state index contributed by atoms with van der Waals surface area (Å²) in [6.45, 7) is 2.00. The maximum Gasteiger partial charge on any atom is 0.352 e. The van der Waals surface area contributed by atoms with E-state index in [4.69, 9.17) is 9.47 Å². The lowest BCUT2D eigenvalue weighted by molar-refractivity contribution is -0.134. The highest BCUT2D eigenvalue weighted by atomic mass is 16.5. The Balaban J connectivity index is 2.56. The highest BCUT2D eigenvalue weighted by molar-refractivity contribution is 6.01. The lowest BCUT2D eigenvalue weighted by atomic mass is 10.0. The van der Waals surface area contributed by atoms with Crippen LogP contribution in [0.15, 0.2) is 42.1 Å². The Morgan fingerprint density at radius 1 is 1.17 bits per heavy atom. The van der Waals surface area contributed by atoms with Gasteiger partial charge in [0.25, 0.3) is 0 Å². The Morgan fingerprint density at radius 3 is 2.58 bits per heavy atom. The van der Waals surface area contributed by atoms with Crippen LogP contribution in [0, 0.1) is 0 Å². The molecule has 0 unspecified atom stereocenters. The van der Waals surface area contributed by atoms with Gasteiger partial charge < -0.3 is 19.9 Å². The van der Waals surface area contributed by atoms with Crippen LogP contribution in [0.5, 0.6) is 5.75 Å². The van der Waals surface area contributed by atoms with E-state index in [0.29, 0.717) is 24.5 Å². The van der Waals surface area contributed by atoms with Crippen LogP contribution in [0.25, 0.3) is 16.8 Å². The fourth-order valence-corrected chi connectivity index (χ4v) is 2.27. The number of ether oxygens (including phenoxy) is 2. The first-order valence-electron chi connectivity index (χ1n) is 7.39. The van der Waals surface area contributed by atoms with E-state index < -0.39 is 11.9 Å². The van der Waals surface area contributed by atoms with Crippen molar-refractivity contribution in [3.05, 3.63) is 47.7 Å². The Morgan fingerprint density at radius 2 is 1.92 bits per heavy atom. The van der Waals surface area contributed by atoms with Crippen LogP contribution in [0.1, 0.15) is 12.5 Å². The van der Waals surface area contributed by atoms with Gasteiger partial charge in [0.2, 0.25) is 5.91 Å². The summed E-state index contributed by atoms with van der Waals surface area (Å²) in [5.74, 6) is -1.15. The van der Waals surface area contributed by atoms with Gasteiger partial charge in [-0.3, -0.25) is 4.79 Å². The van der Waals surface area contributed by atoms with Crippen molar-refractivity contribution < 1.29 is 24.2 Å². The number of aliphatic carboxylic acids is 1. The Bertz CT molecular complexity index is 782. The number of rotatable bonds is 7. The summed E-state index contributed by atoms with van der Waals surface area (Å²) in [6, 6.07) is 11.2. The van der Waals surface area contributed by atoms with Gasteiger partial charge in [0, 0.05) is 19.6 Å². The molecule has 126 valence electrons. The van der Waals surface area contributed by atoms with Crippen molar-refractivity contribution in [1.29, 1.82) is 0 Å². The monoisotopic (exact) mass is 329 g/mol. The molecular weight excluding hydrogens is 310 g/mol. The number of methoxy groups -OCH3 is 1. The summed E-state index contributed by atoms with van der Waals surface area (Å²) in [5, 5.41) is 13.4. The number of amides is 1. The third kappa shape index (κ3) is 4.33. The zero-order valence-electron chi connectivity index (χ0n) is 13.5. The predicted molar refractivity (Wildman–Crippen MR) is 90.7 cm³/mol. The molecule has 0 fully saturated rings. The molecule has 0 radical (unpaired) electrons. The van der Waals surface area contributed by atoms with E-state index >= 15 is 0 Å². The molecule has 2 rings (SSSR count). The zero-order valence-corrected chi connectivity index (χ0v) is 13.5. The molecule has 0 aliphatic heterocycles. The first kappa shape index (κ1) is 17.5. The maximum atomic E-state index is 11.4. The molecule has 0 spiro atoms. The van der Waals surface area contributed by atoms with E-state index in [2.05, 4.69) is 5.32 Å². The minimum Gasteiger partial charge on any atom is -0.491 e. The third-order valence-electron chi connectivity index (χ3n) is 3.31. The summed E-state index contributed by atoms with van der Waals surface area (Å²) >= 11 is 0. The lowest BCUT2D eigenvalue weighted by Gasteiger charge is -2.13. The second-order valence-electron chi connectivity index (χ2n) is 5.08. The van der Waals surface area contributed by atoms with Crippen molar-refractivity contribution in [2.75, 3.05) is 20.3 Å². The molecule has 6 heteroatoms. The molecule has 0 atom stereocenters. The van der Waals surface area contributed by atoms with Crippen molar-refractivity contribution in [1.82, 2.24) is 5.32 Å². The Labute approximate surface area is 139 Å². The molecule has 2 aromatic carbocycles. The van der Waals surface area contributed by atoms with Gasteiger partial charge in [0.05, 0.1) is 6.61 Å². The smallest absolute Gasteiger partial charge is 0.352 e. The fourth-order valence-electron chi connectivity index (χ4n) is 2.27. The van der Waals surface area contributed by atoms with Gasteiger partial charge >= 0.3 is 5.97 Å². The molecular formula is C18H19NO5. The number of nitrogens with one attached hydrogen (secondary N) is 1. The van der Waals surface area contributed by atoms with Crippen molar-refractivity contribution in [3.8, 4) is 5.75 Å². The van der Waals surface area contributed by atoms with Gasteiger partial charge in [-0.05, 0) is 22.9 Å². The van der Waals surface area contributed by atoms with Crippen LogP contribution in [0.2, 0.25) is 0 Å². The summed E-state index contributed by atoms with van der Waals surface area (Å²) in [7, 11) is 1.57.